The molecule has 1 aliphatic heterocycles. The number of carbonyl (C=O) groups is 1. The fraction of sp³-hybridized carbons (Fsp3) is 0.500. The maximum atomic E-state index is 11.6. The Balaban J connectivity index is 1.79. The molecule has 2 atom stereocenters. The number of nitrogens with two attached hydrogens (primary N) is 1. The summed E-state index contributed by atoms with van der Waals surface area (Å²) in [5.41, 5.74) is 9.28. The fourth-order valence-electron chi connectivity index (χ4n) is 2.94. The Bertz CT molecular complexity index is 486. The van der Waals surface area contributed by atoms with Crippen molar-refractivity contribution in [3.63, 3.8) is 0 Å². The van der Waals surface area contributed by atoms with Crippen molar-refractivity contribution in [1.82, 2.24) is 0 Å². The number of hydrogen-bond donors (Lipinski definition) is 2. The second kappa shape index (κ2) is 4.28. The van der Waals surface area contributed by atoms with Crippen molar-refractivity contribution >= 4 is 17.3 Å². The number of rotatable bonds is 2. The quantitative estimate of drug-likeness (QED) is 0.830. The number of hydrogen-bond acceptors (Lipinski definition) is 3. The molecule has 1 saturated carbocycles. The zero-order valence-corrected chi connectivity index (χ0v) is 10.6. The van der Waals surface area contributed by atoms with Crippen LogP contribution in [-0.2, 0) is 11.2 Å². The summed E-state index contributed by atoms with van der Waals surface area (Å²) in [6.45, 7) is 0. The number of nitrogens with one attached hydrogen (secondary N) is 1. The van der Waals surface area contributed by atoms with Crippen LogP contribution in [0, 0.1) is 0 Å². The maximum absolute atomic E-state index is 11.6. The van der Waals surface area contributed by atoms with Crippen molar-refractivity contribution in [1.29, 1.82) is 0 Å². The molecule has 0 spiro atoms. The van der Waals surface area contributed by atoms with Crippen LogP contribution in [0.1, 0.15) is 24.8 Å². The lowest BCUT2D eigenvalue weighted by Gasteiger charge is -2.19. The van der Waals surface area contributed by atoms with Crippen molar-refractivity contribution in [2.24, 2.45) is 5.73 Å². The van der Waals surface area contributed by atoms with E-state index in [-0.39, 0.29) is 11.9 Å². The first-order valence-electron chi connectivity index (χ1n) is 6.57. The summed E-state index contributed by atoms with van der Waals surface area (Å²) in [5.74, 6) is 0.166. The van der Waals surface area contributed by atoms with Crippen LogP contribution in [0.3, 0.4) is 0 Å². The lowest BCUT2D eigenvalue weighted by Crippen LogP contribution is -2.35. The Morgan fingerprint density at radius 3 is 2.94 bits per heavy atom. The lowest BCUT2D eigenvalue weighted by atomic mass is 10.1. The Kier molecular flexibility index (Phi) is 2.74. The number of likely N-dealkylation sites (N-methyl/N-ethyl adjacent to an activating group) is 1. The van der Waals surface area contributed by atoms with Crippen molar-refractivity contribution in [3.8, 4) is 0 Å². The van der Waals surface area contributed by atoms with E-state index >= 15 is 0 Å². The Labute approximate surface area is 107 Å². The van der Waals surface area contributed by atoms with Gasteiger partial charge in [0, 0.05) is 30.5 Å². The molecule has 0 aromatic heterocycles. The molecule has 0 bridgehead atoms. The molecule has 1 fully saturated rings. The van der Waals surface area contributed by atoms with Gasteiger partial charge in [0.25, 0.3) is 0 Å². The molecule has 1 aliphatic carbocycles. The van der Waals surface area contributed by atoms with E-state index < -0.39 is 0 Å². The zero-order chi connectivity index (χ0) is 12.7. The Morgan fingerprint density at radius 1 is 1.39 bits per heavy atom. The molecule has 2 unspecified atom stereocenters. The number of nitrogens with zero attached hydrogens (tertiary/aromatic N) is 1. The van der Waals surface area contributed by atoms with Crippen LogP contribution in [0.25, 0.3) is 0 Å². The van der Waals surface area contributed by atoms with Crippen LogP contribution in [0.5, 0.6) is 0 Å². The van der Waals surface area contributed by atoms with E-state index in [0.29, 0.717) is 12.5 Å². The molecule has 18 heavy (non-hydrogen) atoms. The van der Waals surface area contributed by atoms with Gasteiger partial charge in [-0.2, -0.15) is 0 Å². The second-order valence-corrected chi connectivity index (χ2v) is 5.32. The van der Waals surface area contributed by atoms with Gasteiger partial charge in [0.15, 0.2) is 0 Å². The summed E-state index contributed by atoms with van der Waals surface area (Å²) in [6.07, 6.45) is 3.95. The molecule has 1 amide bonds. The van der Waals surface area contributed by atoms with Crippen LogP contribution in [0.15, 0.2) is 18.2 Å². The summed E-state index contributed by atoms with van der Waals surface area (Å²) < 4.78 is 0. The standard InChI is InChI=1S/C14H19N3O/c1-17-13-6-5-10(7-9(13)8-14(17)18)16-12-4-2-3-11(12)15/h5-7,11-12,16H,2-4,8,15H2,1H3. The van der Waals surface area contributed by atoms with Gasteiger partial charge >= 0.3 is 0 Å². The minimum Gasteiger partial charge on any atom is -0.381 e. The van der Waals surface area contributed by atoms with Crippen molar-refractivity contribution < 1.29 is 4.79 Å². The predicted molar refractivity (Wildman–Crippen MR) is 72.8 cm³/mol. The van der Waals surface area contributed by atoms with Crippen LogP contribution in [-0.4, -0.2) is 25.0 Å². The average molecular weight is 245 g/mol. The SMILES string of the molecule is CN1C(=O)Cc2cc(NC3CCCC3N)ccc21. The Hall–Kier alpha value is -1.55. The summed E-state index contributed by atoms with van der Waals surface area (Å²) >= 11 is 0. The van der Waals surface area contributed by atoms with Gasteiger partial charge in [-0.3, -0.25) is 4.79 Å². The van der Waals surface area contributed by atoms with Gasteiger partial charge in [-0.1, -0.05) is 0 Å². The highest BCUT2D eigenvalue weighted by Gasteiger charge is 2.26. The first kappa shape index (κ1) is 11.5. The topological polar surface area (TPSA) is 58.4 Å². The molecule has 4 nitrogen and oxygen atoms in total. The molecule has 1 heterocycles. The molecule has 1 aromatic rings. The summed E-state index contributed by atoms with van der Waals surface area (Å²) in [4.78, 5) is 13.3. The molecule has 0 radical (unpaired) electrons. The summed E-state index contributed by atoms with van der Waals surface area (Å²) in [6, 6.07) is 6.77. The van der Waals surface area contributed by atoms with Crippen molar-refractivity contribution in [3.05, 3.63) is 23.8 Å². The third-order valence-corrected chi connectivity index (χ3v) is 4.08. The molecule has 2 aliphatic rings. The number of carbonyl (C=O) groups excluding carboxylic acids is 1. The monoisotopic (exact) mass is 245 g/mol. The molecule has 96 valence electrons. The molecular weight excluding hydrogens is 226 g/mol. The number of anilines is 2. The molecule has 0 saturated heterocycles. The van der Waals surface area contributed by atoms with Gasteiger partial charge in [-0.05, 0) is 43.0 Å². The highest BCUT2D eigenvalue weighted by molar-refractivity contribution is 6.01. The molecular formula is C14H19N3O. The van der Waals surface area contributed by atoms with Crippen LogP contribution in [0.2, 0.25) is 0 Å². The smallest absolute Gasteiger partial charge is 0.231 e. The third kappa shape index (κ3) is 1.86. The predicted octanol–water partition coefficient (Wildman–Crippen LogP) is 1.50. The average Bonchev–Trinajstić information content (AvgIpc) is 2.86. The summed E-state index contributed by atoms with van der Waals surface area (Å²) in [5, 5.41) is 3.50. The fourth-order valence-corrected chi connectivity index (χ4v) is 2.94. The lowest BCUT2D eigenvalue weighted by molar-refractivity contribution is -0.117. The molecule has 3 N–H and O–H groups in total. The Morgan fingerprint density at radius 2 is 2.22 bits per heavy atom. The van der Waals surface area contributed by atoms with E-state index in [1.807, 2.05) is 19.2 Å². The second-order valence-electron chi connectivity index (χ2n) is 5.32. The maximum Gasteiger partial charge on any atom is 0.231 e. The number of fused-ring (bicyclic) bond motifs is 1. The normalized spacial score (nSPS) is 26.6. The van der Waals surface area contributed by atoms with Gasteiger partial charge in [0.2, 0.25) is 5.91 Å². The number of benzene rings is 1. The van der Waals surface area contributed by atoms with E-state index in [4.69, 9.17) is 5.73 Å². The molecule has 3 rings (SSSR count). The van der Waals surface area contributed by atoms with Gasteiger partial charge in [0.1, 0.15) is 0 Å². The molecule has 1 aromatic carbocycles. The van der Waals surface area contributed by atoms with E-state index in [2.05, 4.69) is 11.4 Å². The van der Waals surface area contributed by atoms with Crippen LogP contribution < -0.4 is 16.0 Å². The third-order valence-electron chi connectivity index (χ3n) is 4.08. The van der Waals surface area contributed by atoms with E-state index in [9.17, 15) is 4.79 Å². The van der Waals surface area contributed by atoms with Gasteiger partial charge in [-0.25, -0.2) is 0 Å². The summed E-state index contributed by atoms with van der Waals surface area (Å²) in [7, 11) is 1.83. The first-order valence-corrected chi connectivity index (χ1v) is 6.57. The van der Waals surface area contributed by atoms with Crippen molar-refractivity contribution in [2.75, 3.05) is 17.3 Å². The van der Waals surface area contributed by atoms with Crippen LogP contribution >= 0.6 is 0 Å². The largest absolute Gasteiger partial charge is 0.381 e. The van der Waals surface area contributed by atoms with E-state index in [1.165, 1.54) is 6.42 Å². The van der Waals surface area contributed by atoms with Crippen molar-refractivity contribution in [2.45, 2.75) is 37.8 Å². The highest BCUT2D eigenvalue weighted by atomic mass is 16.2. The van der Waals surface area contributed by atoms with E-state index in [1.54, 1.807) is 4.90 Å². The van der Waals surface area contributed by atoms with Gasteiger partial charge < -0.3 is 16.0 Å². The minimum absolute atomic E-state index is 0.166. The number of amides is 1. The van der Waals surface area contributed by atoms with E-state index in [0.717, 1.165) is 29.8 Å². The molecule has 4 heteroatoms. The highest BCUT2D eigenvalue weighted by Crippen LogP contribution is 2.31. The zero-order valence-electron chi connectivity index (χ0n) is 10.6. The van der Waals surface area contributed by atoms with Gasteiger partial charge in [0.05, 0.1) is 6.42 Å². The van der Waals surface area contributed by atoms with Crippen LogP contribution in [0.4, 0.5) is 11.4 Å². The van der Waals surface area contributed by atoms with Gasteiger partial charge in [-0.15, -0.1) is 0 Å². The first-order chi connectivity index (χ1) is 8.65. The minimum atomic E-state index is 0.166.